The molecule has 0 atom stereocenters. The molecule has 1 aromatic heterocycles. The molecule has 4 heteroatoms. The van der Waals surface area contributed by atoms with E-state index in [2.05, 4.69) is 4.98 Å². The molecular weight excluding hydrogens is 260 g/mol. The van der Waals surface area contributed by atoms with Crippen molar-refractivity contribution in [2.24, 2.45) is 0 Å². The number of aromatic nitrogens is 1. The maximum absolute atomic E-state index is 12.5. The summed E-state index contributed by atoms with van der Waals surface area (Å²) >= 11 is 5.93. The molecule has 104 valence electrons. The fourth-order valence-electron chi connectivity index (χ4n) is 2.77. The van der Waals surface area contributed by atoms with E-state index in [1.54, 1.807) is 12.1 Å². The van der Waals surface area contributed by atoms with Crippen molar-refractivity contribution in [1.29, 1.82) is 0 Å². The summed E-state index contributed by atoms with van der Waals surface area (Å²) in [5, 5.41) is 0.387. The first kappa shape index (κ1) is 14.3. The van der Waals surface area contributed by atoms with E-state index in [4.69, 9.17) is 11.6 Å². The average molecular weight is 281 g/mol. The van der Waals surface area contributed by atoms with E-state index in [1.165, 1.54) is 25.7 Å². The van der Waals surface area contributed by atoms with Gasteiger partial charge in [0.15, 0.2) is 0 Å². The number of hydrogen-bond acceptors (Lipinski definition) is 2. The lowest BCUT2D eigenvalue weighted by Crippen LogP contribution is -2.36. The molecular formula is C15H21ClN2O. The highest BCUT2D eigenvalue weighted by Crippen LogP contribution is 2.23. The normalized spacial score (nSPS) is 17.0. The molecule has 1 heterocycles. The number of halogens is 1. The van der Waals surface area contributed by atoms with E-state index in [0.29, 0.717) is 16.8 Å². The largest absolute Gasteiger partial charge is 0.339 e. The molecule has 3 nitrogen and oxygen atoms in total. The molecule has 0 unspecified atom stereocenters. The first-order valence-electron chi connectivity index (χ1n) is 6.99. The molecule has 0 bridgehead atoms. The van der Waals surface area contributed by atoms with Crippen molar-refractivity contribution in [2.75, 3.05) is 7.05 Å². The van der Waals surface area contributed by atoms with E-state index < -0.39 is 0 Å². The van der Waals surface area contributed by atoms with Gasteiger partial charge >= 0.3 is 0 Å². The lowest BCUT2D eigenvalue weighted by atomic mass is 10.1. The molecule has 2 rings (SSSR count). The third-order valence-electron chi connectivity index (χ3n) is 3.86. The van der Waals surface area contributed by atoms with Crippen molar-refractivity contribution in [3.63, 3.8) is 0 Å². The van der Waals surface area contributed by atoms with Crippen LogP contribution in [0.4, 0.5) is 0 Å². The van der Waals surface area contributed by atoms with Gasteiger partial charge in [-0.2, -0.15) is 0 Å². The molecule has 1 aromatic rings. The Hall–Kier alpha value is -1.09. The number of pyridine rings is 1. The van der Waals surface area contributed by atoms with Crippen LogP contribution in [0.3, 0.4) is 0 Å². The molecule has 0 aliphatic heterocycles. The molecule has 0 radical (unpaired) electrons. The van der Waals surface area contributed by atoms with E-state index in [-0.39, 0.29) is 5.91 Å². The maximum Gasteiger partial charge on any atom is 0.254 e. The second-order valence-electron chi connectivity index (χ2n) is 5.38. The van der Waals surface area contributed by atoms with Gasteiger partial charge in [-0.1, -0.05) is 37.3 Å². The van der Waals surface area contributed by atoms with Crippen LogP contribution in [0, 0.1) is 6.92 Å². The Morgan fingerprint density at radius 3 is 2.47 bits per heavy atom. The van der Waals surface area contributed by atoms with Crippen LogP contribution in [0.25, 0.3) is 0 Å². The second kappa shape index (κ2) is 6.38. The van der Waals surface area contributed by atoms with Gasteiger partial charge in [-0.05, 0) is 31.9 Å². The van der Waals surface area contributed by atoms with Crippen molar-refractivity contribution in [3.05, 3.63) is 28.5 Å². The molecule has 0 saturated heterocycles. The molecule has 1 aliphatic rings. The second-order valence-corrected chi connectivity index (χ2v) is 5.77. The van der Waals surface area contributed by atoms with Crippen molar-refractivity contribution in [2.45, 2.75) is 51.5 Å². The van der Waals surface area contributed by atoms with Gasteiger partial charge in [-0.3, -0.25) is 4.79 Å². The van der Waals surface area contributed by atoms with Crippen molar-refractivity contribution < 1.29 is 4.79 Å². The predicted molar refractivity (Wildman–Crippen MR) is 77.6 cm³/mol. The number of rotatable bonds is 2. The number of amides is 1. The van der Waals surface area contributed by atoms with Crippen LogP contribution in [0.2, 0.25) is 5.15 Å². The zero-order chi connectivity index (χ0) is 13.8. The third kappa shape index (κ3) is 3.69. The van der Waals surface area contributed by atoms with Gasteiger partial charge in [0.25, 0.3) is 5.91 Å². The molecule has 0 aromatic carbocycles. The summed E-state index contributed by atoms with van der Waals surface area (Å²) in [6, 6.07) is 3.83. The zero-order valence-electron chi connectivity index (χ0n) is 11.7. The zero-order valence-corrected chi connectivity index (χ0v) is 12.4. The first-order valence-corrected chi connectivity index (χ1v) is 7.37. The van der Waals surface area contributed by atoms with Crippen LogP contribution >= 0.6 is 11.6 Å². The van der Waals surface area contributed by atoms with Gasteiger partial charge < -0.3 is 4.90 Å². The van der Waals surface area contributed by atoms with Crippen molar-refractivity contribution in [1.82, 2.24) is 9.88 Å². The van der Waals surface area contributed by atoms with Crippen LogP contribution in [0.1, 0.15) is 54.6 Å². The van der Waals surface area contributed by atoms with Crippen LogP contribution in [-0.4, -0.2) is 28.9 Å². The van der Waals surface area contributed by atoms with E-state index in [9.17, 15) is 4.79 Å². The predicted octanol–water partition coefficient (Wildman–Crippen LogP) is 3.84. The number of carbonyl (C=O) groups excluding carboxylic acids is 1. The molecule has 0 spiro atoms. The third-order valence-corrected chi connectivity index (χ3v) is 4.06. The summed E-state index contributed by atoms with van der Waals surface area (Å²) in [6.45, 7) is 1.86. The monoisotopic (exact) mass is 280 g/mol. The van der Waals surface area contributed by atoms with Gasteiger partial charge in [0, 0.05) is 24.3 Å². The van der Waals surface area contributed by atoms with Crippen molar-refractivity contribution >= 4 is 17.5 Å². The van der Waals surface area contributed by atoms with Crippen molar-refractivity contribution in [3.8, 4) is 0 Å². The Balaban J connectivity index is 2.13. The highest BCUT2D eigenvalue weighted by atomic mass is 35.5. The van der Waals surface area contributed by atoms with Gasteiger partial charge in [-0.25, -0.2) is 4.98 Å². The van der Waals surface area contributed by atoms with Crippen LogP contribution in [0.5, 0.6) is 0 Å². The van der Waals surface area contributed by atoms with E-state index in [1.807, 2.05) is 18.9 Å². The number of carbonyl (C=O) groups is 1. The molecule has 1 amide bonds. The summed E-state index contributed by atoms with van der Waals surface area (Å²) in [5.74, 6) is 0.0549. The highest BCUT2D eigenvalue weighted by Gasteiger charge is 2.22. The summed E-state index contributed by atoms with van der Waals surface area (Å²) in [5.41, 5.74) is 1.43. The van der Waals surface area contributed by atoms with Crippen LogP contribution in [-0.2, 0) is 0 Å². The quantitative estimate of drug-likeness (QED) is 0.609. The van der Waals surface area contributed by atoms with Crippen LogP contribution in [0.15, 0.2) is 12.1 Å². The minimum Gasteiger partial charge on any atom is -0.339 e. The fourth-order valence-corrected chi connectivity index (χ4v) is 3.02. The van der Waals surface area contributed by atoms with Gasteiger partial charge in [0.1, 0.15) is 5.15 Å². The molecule has 1 saturated carbocycles. The topological polar surface area (TPSA) is 33.2 Å². The minimum atomic E-state index is 0.0549. The number of nitrogens with zero attached hydrogens (tertiary/aromatic N) is 2. The van der Waals surface area contributed by atoms with Gasteiger partial charge in [0.2, 0.25) is 0 Å². The maximum atomic E-state index is 12.5. The number of aryl methyl sites for hydroxylation is 1. The Labute approximate surface area is 120 Å². The fraction of sp³-hybridized carbons (Fsp3) is 0.600. The standard InChI is InChI=1S/C15H21ClN2O/c1-11-9-12(10-14(16)17-11)15(19)18(2)13-7-5-3-4-6-8-13/h9-10,13H,3-8H2,1-2H3. The highest BCUT2D eigenvalue weighted by molar-refractivity contribution is 6.29. The Morgan fingerprint density at radius 2 is 1.89 bits per heavy atom. The first-order chi connectivity index (χ1) is 9.08. The molecule has 0 N–H and O–H groups in total. The average Bonchev–Trinajstić information content (AvgIpc) is 2.64. The van der Waals surface area contributed by atoms with E-state index in [0.717, 1.165) is 18.5 Å². The lowest BCUT2D eigenvalue weighted by molar-refractivity contribution is 0.0717. The summed E-state index contributed by atoms with van der Waals surface area (Å²) in [6.07, 6.45) is 7.24. The van der Waals surface area contributed by atoms with Crippen LogP contribution < -0.4 is 0 Å². The minimum absolute atomic E-state index is 0.0549. The van der Waals surface area contributed by atoms with Gasteiger partial charge in [0.05, 0.1) is 0 Å². The lowest BCUT2D eigenvalue weighted by Gasteiger charge is -2.27. The Morgan fingerprint density at radius 1 is 1.26 bits per heavy atom. The smallest absolute Gasteiger partial charge is 0.254 e. The van der Waals surface area contributed by atoms with Gasteiger partial charge in [-0.15, -0.1) is 0 Å². The summed E-state index contributed by atoms with van der Waals surface area (Å²) < 4.78 is 0. The summed E-state index contributed by atoms with van der Waals surface area (Å²) in [4.78, 5) is 18.5. The molecule has 1 fully saturated rings. The number of hydrogen-bond donors (Lipinski definition) is 0. The molecule has 19 heavy (non-hydrogen) atoms. The Bertz CT molecular complexity index is 433. The summed E-state index contributed by atoms with van der Waals surface area (Å²) in [7, 11) is 1.90. The molecule has 1 aliphatic carbocycles. The SMILES string of the molecule is Cc1cc(C(=O)N(C)C2CCCCCC2)cc(Cl)n1. The Kier molecular flexibility index (Phi) is 4.81. The van der Waals surface area contributed by atoms with E-state index >= 15 is 0 Å².